The molecule has 8 heteroatoms. The van der Waals surface area contributed by atoms with Gasteiger partial charge in [0.05, 0.1) is 22.7 Å². The van der Waals surface area contributed by atoms with Crippen LogP contribution >= 0.6 is 22.9 Å². The summed E-state index contributed by atoms with van der Waals surface area (Å²) in [6, 6.07) is 4.35. The molecule has 0 spiro atoms. The Labute approximate surface area is 126 Å². The molecule has 5 nitrogen and oxygen atoms in total. The predicted molar refractivity (Wildman–Crippen MR) is 80.4 cm³/mol. The zero-order valence-electron chi connectivity index (χ0n) is 11.1. The highest BCUT2D eigenvalue weighted by Crippen LogP contribution is 2.30. The van der Waals surface area contributed by atoms with Crippen molar-refractivity contribution in [2.75, 3.05) is 18.5 Å². The smallest absolute Gasteiger partial charge is 0.265 e. The van der Waals surface area contributed by atoms with Crippen molar-refractivity contribution < 1.29 is 13.2 Å². The van der Waals surface area contributed by atoms with E-state index in [1.54, 1.807) is 5.38 Å². The van der Waals surface area contributed by atoms with Crippen LogP contribution in [0.5, 0.6) is 5.75 Å². The second-order valence-electron chi connectivity index (χ2n) is 4.04. The Kier molecular flexibility index (Phi) is 4.22. The number of methoxy groups -OCH3 is 1. The van der Waals surface area contributed by atoms with Gasteiger partial charge in [-0.15, -0.1) is 11.3 Å². The van der Waals surface area contributed by atoms with E-state index < -0.39 is 10.0 Å². The minimum atomic E-state index is -3.68. The summed E-state index contributed by atoms with van der Waals surface area (Å²) in [4.78, 5) is 4.26. The second kappa shape index (κ2) is 5.59. The summed E-state index contributed by atoms with van der Waals surface area (Å²) in [5.41, 5.74) is 0.778. The highest BCUT2D eigenvalue weighted by Gasteiger charge is 2.24. The van der Waals surface area contributed by atoms with Crippen molar-refractivity contribution in [1.29, 1.82) is 0 Å². The Bertz CT molecular complexity index is 728. The van der Waals surface area contributed by atoms with Gasteiger partial charge in [-0.1, -0.05) is 11.6 Å². The number of benzene rings is 1. The summed E-state index contributed by atoms with van der Waals surface area (Å²) in [6.07, 6.45) is 0. The van der Waals surface area contributed by atoms with Crippen LogP contribution in [0.1, 0.15) is 5.69 Å². The molecule has 0 saturated carbocycles. The lowest BCUT2D eigenvalue weighted by molar-refractivity contribution is 0.414. The Morgan fingerprint density at radius 2 is 2.10 bits per heavy atom. The number of aromatic nitrogens is 1. The van der Waals surface area contributed by atoms with Gasteiger partial charge in [-0.25, -0.2) is 17.7 Å². The SMILES string of the molecule is COc1ccc(S(=O)(=O)N(C)c2nc(C)cs2)cc1Cl. The van der Waals surface area contributed by atoms with Gasteiger partial charge in [0.15, 0.2) is 5.13 Å². The van der Waals surface area contributed by atoms with Crippen molar-refractivity contribution in [2.24, 2.45) is 0 Å². The molecule has 0 atom stereocenters. The Hall–Kier alpha value is -1.31. The van der Waals surface area contributed by atoms with Crippen LogP contribution in [0, 0.1) is 6.92 Å². The summed E-state index contributed by atoms with van der Waals surface area (Å²) in [5, 5.41) is 2.45. The van der Waals surface area contributed by atoms with Gasteiger partial charge in [-0.2, -0.15) is 0 Å². The molecule has 0 unspecified atom stereocenters. The van der Waals surface area contributed by atoms with Crippen LogP contribution in [-0.4, -0.2) is 27.6 Å². The molecule has 0 radical (unpaired) electrons. The molecule has 2 rings (SSSR count). The fourth-order valence-corrected chi connectivity index (χ4v) is 4.04. The van der Waals surface area contributed by atoms with E-state index in [-0.39, 0.29) is 9.92 Å². The second-order valence-corrected chi connectivity index (χ2v) is 7.25. The van der Waals surface area contributed by atoms with Crippen LogP contribution in [0.2, 0.25) is 5.02 Å². The highest BCUT2D eigenvalue weighted by molar-refractivity contribution is 7.93. The molecule has 1 aromatic carbocycles. The average Bonchev–Trinajstić information content (AvgIpc) is 2.84. The van der Waals surface area contributed by atoms with Crippen molar-refractivity contribution in [3.63, 3.8) is 0 Å². The molecule has 0 aliphatic heterocycles. The number of aryl methyl sites for hydroxylation is 1. The summed E-state index contributed by atoms with van der Waals surface area (Å²) >= 11 is 7.24. The van der Waals surface area contributed by atoms with Gasteiger partial charge in [0.25, 0.3) is 10.0 Å². The average molecular weight is 333 g/mol. The van der Waals surface area contributed by atoms with Crippen molar-refractivity contribution in [1.82, 2.24) is 4.98 Å². The first-order chi connectivity index (χ1) is 9.36. The monoisotopic (exact) mass is 332 g/mol. The zero-order valence-corrected chi connectivity index (χ0v) is 13.5. The van der Waals surface area contributed by atoms with Crippen LogP contribution in [0.15, 0.2) is 28.5 Å². The molecule has 2 aromatic rings. The van der Waals surface area contributed by atoms with Gasteiger partial charge in [0.2, 0.25) is 0 Å². The molecule has 0 fully saturated rings. The van der Waals surface area contributed by atoms with Crippen LogP contribution < -0.4 is 9.04 Å². The number of anilines is 1. The number of halogens is 1. The minimum absolute atomic E-state index is 0.0960. The fourth-order valence-electron chi connectivity index (χ4n) is 1.55. The Morgan fingerprint density at radius 1 is 1.40 bits per heavy atom. The highest BCUT2D eigenvalue weighted by atomic mass is 35.5. The summed E-state index contributed by atoms with van der Waals surface area (Å²) in [7, 11) is -0.749. The minimum Gasteiger partial charge on any atom is -0.495 e. The predicted octanol–water partition coefficient (Wildman–Crippen LogP) is 2.94. The van der Waals surface area contributed by atoms with Crippen molar-refractivity contribution >= 4 is 38.1 Å². The maximum atomic E-state index is 12.5. The summed E-state index contributed by atoms with van der Waals surface area (Å²) in [6.45, 7) is 1.81. The van der Waals surface area contributed by atoms with E-state index >= 15 is 0 Å². The zero-order chi connectivity index (χ0) is 14.9. The van der Waals surface area contributed by atoms with Crippen molar-refractivity contribution in [3.05, 3.63) is 34.3 Å². The molecule has 0 bridgehead atoms. The van der Waals surface area contributed by atoms with Gasteiger partial charge in [-0.05, 0) is 25.1 Å². The summed E-state index contributed by atoms with van der Waals surface area (Å²) in [5.74, 6) is 0.429. The number of thiazole rings is 1. The Balaban J connectivity index is 2.42. The topological polar surface area (TPSA) is 59.5 Å². The van der Waals surface area contributed by atoms with Crippen LogP contribution in [0.4, 0.5) is 5.13 Å². The molecule has 0 saturated heterocycles. The largest absolute Gasteiger partial charge is 0.495 e. The summed E-state index contributed by atoms with van der Waals surface area (Å²) < 4.78 is 31.1. The third kappa shape index (κ3) is 2.74. The van der Waals surface area contributed by atoms with Gasteiger partial charge in [0, 0.05) is 12.4 Å². The number of nitrogens with zero attached hydrogens (tertiary/aromatic N) is 2. The van der Waals surface area contributed by atoms with Gasteiger partial charge in [-0.3, -0.25) is 0 Å². The number of hydrogen-bond donors (Lipinski definition) is 0. The van der Waals surface area contributed by atoms with Crippen molar-refractivity contribution in [3.8, 4) is 5.75 Å². The van der Waals surface area contributed by atoms with Gasteiger partial charge < -0.3 is 4.74 Å². The van der Waals surface area contributed by atoms with Gasteiger partial charge >= 0.3 is 0 Å². The molecule has 1 aromatic heterocycles. The molecular weight excluding hydrogens is 320 g/mol. The maximum Gasteiger partial charge on any atom is 0.265 e. The van der Waals surface area contributed by atoms with E-state index in [9.17, 15) is 8.42 Å². The quantitative estimate of drug-likeness (QED) is 0.863. The molecule has 20 heavy (non-hydrogen) atoms. The molecule has 108 valence electrons. The van der Waals surface area contributed by atoms with E-state index in [0.717, 1.165) is 10.00 Å². The fraction of sp³-hybridized carbons (Fsp3) is 0.250. The molecule has 0 aliphatic rings. The Morgan fingerprint density at radius 3 is 2.60 bits per heavy atom. The van der Waals surface area contributed by atoms with Crippen LogP contribution in [0.3, 0.4) is 0 Å². The molecule has 0 aliphatic carbocycles. The lowest BCUT2D eigenvalue weighted by atomic mass is 10.3. The first-order valence-electron chi connectivity index (χ1n) is 5.61. The third-order valence-corrected chi connectivity index (χ3v) is 5.85. The first kappa shape index (κ1) is 15.1. The van der Waals surface area contributed by atoms with Crippen LogP contribution in [0.25, 0.3) is 0 Å². The van der Waals surface area contributed by atoms with E-state index in [4.69, 9.17) is 16.3 Å². The molecule has 1 heterocycles. The van der Waals surface area contributed by atoms with E-state index in [0.29, 0.717) is 10.9 Å². The number of ether oxygens (including phenoxy) is 1. The van der Waals surface area contributed by atoms with Gasteiger partial charge in [0.1, 0.15) is 5.75 Å². The first-order valence-corrected chi connectivity index (χ1v) is 8.30. The molecule has 0 amide bonds. The van der Waals surface area contributed by atoms with E-state index in [2.05, 4.69) is 4.98 Å². The maximum absolute atomic E-state index is 12.5. The van der Waals surface area contributed by atoms with Crippen molar-refractivity contribution in [2.45, 2.75) is 11.8 Å². The normalized spacial score (nSPS) is 11.4. The molecular formula is C12H13ClN2O3S2. The lowest BCUT2D eigenvalue weighted by Gasteiger charge is -2.16. The lowest BCUT2D eigenvalue weighted by Crippen LogP contribution is -2.26. The number of hydrogen-bond acceptors (Lipinski definition) is 5. The standard InChI is InChI=1S/C12H13ClN2O3S2/c1-8-7-19-12(14-8)15(2)20(16,17)9-4-5-11(18-3)10(13)6-9/h4-7H,1-3H3. The van der Waals surface area contributed by atoms with Crippen LogP contribution in [-0.2, 0) is 10.0 Å². The third-order valence-electron chi connectivity index (χ3n) is 2.66. The van der Waals surface area contributed by atoms with E-state index in [1.807, 2.05) is 6.92 Å². The van der Waals surface area contributed by atoms with E-state index in [1.165, 1.54) is 43.7 Å². The number of sulfonamides is 1. The molecule has 0 N–H and O–H groups in total. The number of rotatable bonds is 4.